The Morgan fingerprint density at radius 3 is 2.73 bits per heavy atom. The molecule has 4 nitrogen and oxygen atoms in total. The number of pyridine rings is 1. The zero-order valence-electron chi connectivity index (χ0n) is 8.98. The highest BCUT2D eigenvalue weighted by Crippen LogP contribution is 2.13. The van der Waals surface area contributed by atoms with Gasteiger partial charge in [0.2, 0.25) is 0 Å². The van der Waals surface area contributed by atoms with Crippen molar-refractivity contribution in [1.29, 1.82) is 0 Å². The lowest BCUT2D eigenvalue weighted by Crippen LogP contribution is -2.03. The SMILES string of the molecule is CC.COC(=O)c1ccc2occc2n1. The Labute approximate surface area is 87.9 Å². The monoisotopic (exact) mass is 207 g/mol. The molecule has 0 bridgehead atoms. The molecule has 0 aromatic carbocycles. The van der Waals surface area contributed by atoms with Gasteiger partial charge in [-0.1, -0.05) is 13.8 Å². The van der Waals surface area contributed by atoms with Gasteiger partial charge in [0.1, 0.15) is 11.2 Å². The normalized spacial score (nSPS) is 9.27. The standard InChI is InChI=1S/C9H7NO3.C2H6/c1-12-9(11)7-2-3-8-6(10-7)4-5-13-8;1-2/h2-5H,1H3;1-2H3. The van der Waals surface area contributed by atoms with E-state index < -0.39 is 5.97 Å². The van der Waals surface area contributed by atoms with Crippen molar-refractivity contribution in [3.63, 3.8) is 0 Å². The van der Waals surface area contributed by atoms with Crippen molar-refractivity contribution < 1.29 is 13.9 Å². The minimum absolute atomic E-state index is 0.288. The maximum atomic E-state index is 11.1. The van der Waals surface area contributed by atoms with Crippen LogP contribution in [0.25, 0.3) is 11.1 Å². The summed E-state index contributed by atoms with van der Waals surface area (Å²) in [4.78, 5) is 15.1. The Morgan fingerprint density at radius 2 is 2.07 bits per heavy atom. The van der Waals surface area contributed by atoms with E-state index in [4.69, 9.17) is 4.42 Å². The van der Waals surface area contributed by atoms with Crippen LogP contribution in [0.4, 0.5) is 0 Å². The molecule has 0 aliphatic heterocycles. The van der Waals surface area contributed by atoms with Crippen LogP contribution in [0, 0.1) is 0 Å². The molecule has 15 heavy (non-hydrogen) atoms. The number of carbonyl (C=O) groups excluding carboxylic acids is 1. The van der Waals surface area contributed by atoms with Gasteiger partial charge in [0.05, 0.1) is 13.4 Å². The first-order valence-corrected chi connectivity index (χ1v) is 4.74. The molecular formula is C11H13NO3. The van der Waals surface area contributed by atoms with E-state index in [-0.39, 0.29) is 5.69 Å². The van der Waals surface area contributed by atoms with E-state index in [1.807, 2.05) is 13.8 Å². The quantitative estimate of drug-likeness (QED) is 0.674. The minimum Gasteiger partial charge on any atom is -0.464 e. The van der Waals surface area contributed by atoms with Gasteiger partial charge >= 0.3 is 5.97 Å². The van der Waals surface area contributed by atoms with E-state index in [2.05, 4.69) is 9.72 Å². The summed E-state index contributed by atoms with van der Waals surface area (Å²) in [5, 5.41) is 0. The zero-order chi connectivity index (χ0) is 11.3. The second-order valence-electron chi connectivity index (χ2n) is 2.49. The predicted molar refractivity (Wildman–Crippen MR) is 56.7 cm³/mol. The molecule has 0 radical (unpaired) electrons. The average molecular weight is 207 g/mol. The van der Waals surface area contributed by atoms with Gasteiger partial charge in [0.25, 0.3) is 0 Å². The Morgan fingerprint density at radius 1 is 1.33 bits per heavy atom. The van der Waals surface area contributed by atoms with Gasteiger partial charge in [0.15, 0.2) is 5.58 Å². The van der Waals surface area contributed by atoms with Gasteiger partial charge in [-0.25, -0.2) is 9.78 Å². The van der Waals surface area contributed by atoms with Crippen molar-refractivity contribution in [2.75, 3.05) is 7.11 Å². The van der Waals surface area contributed by atoms with Crippen LogP contribution < -0.4 is 0 Å². The molecule has 2 aromatic heterocycles. The van der Waals surface area contributed by atoms with E-state index >= 15 is 0 Å². The number of ether oxygens (including phenoxy) is 1. The third-order valence-electron chi connectivity index (χ3n) is 1.70. The van der Waals surface area contributed by atoms with Crippen LogP contribution in [0.1, 0.15) is 24.3 Å². The van der Waals surface area contributed by atoms with Crippen LogP contribution >= 0.6 is 0 Å². The molecule has 0 spiro atoms. The molecule has 0 saturated heterocycles. The number of furan rings is 1. The Hall–Kier alpha value is -1.84. The second-order valence-corrected chi connectivity index (χ2v) is 2.49. The fourth-order valence-corrected chi connectivity index (χ4v) is 1.07. The summed E-state index contributed by atoms with van der Waals surface area (Å²) in [6, 6.07) is 4.95. The van der Waals surface area contributed by atoms with Crippen LogP contribution in [0.3, 0.4) is 0 Å². The lowest BCUT2D eigenvalue weighted by atomic mass is 10.3. The molecule has 2 rings (SSSR count). The summed E-state index contributed by atoms with van der Waals surface area (Å²) in [7, 11) is 1.32. The second kappa shape index (κ2) is 5.14. The lowest BCUT2D eigenvalue weighted by Gasteiger charge is -1.96. The highest BCUT2D eigenvalue weighted by Gasteiger charge is 2.08. The summed E-state index contributed by atoms with van der Waals surface area (Å²) in [5.74, 6) is -0.442. The summed E-state index contributed by atoms with van der Waals surface area (Å²) >= 11 is 0. The number of aromatic nitrogens is 1. The molecular weight excluding hydrogens is 194 g/mol. The number of hydrogen-bond acceptors (Lipinski definition) is 4. The van der Waals surface area contributed by atoms with Gasteiger partial charge < -0.3 is 9.15 Å². The van der Waals surface area contributed by atoms with Crippen molar-refractivity contribution in [2.24, 2.45) is 0 Å². The number of rotatable bonds is 1. The van der Waals surface area contributed by atoms with Crippen molar-refractivity contribution in [3.8, 4) is 0 Å². The number of nitrogens with zero attached hydrogens (tertiary/aromatic N) is 1. The molecule has 0 N–H and O–H groups in total. The first kappa shape index (κ1) is 11.2. The highest BCUT2D eigenvalue weighted by atomic mass is 16.5. The van der Waals surface area contributed by atoms with Crippen LogP contribution in [-0.2, 0) is 4.74 Å². The molecule has 2 aromatic rings. The third-order valence-corrected chi connectivity index (χ3v) is 1.70. The van der Waals surface area contributed by atoms with E-state index in [0.717, 1.165) is 0 Å². The smallest absolute Gasteiger partial charge is 0.356 e. The largest absolute Gasteiger partial charge is 0.464 e. The maximum Gasteiger partial charge on any atom is 0.356 e. The van der Waals surface area contributed by atoms with Gasteiger partial charge in [-0.3, -0.25) is 0 Å². The average Bonchev–Trinajstić information content (AvgIpc) is 2.77. The molecule has 4 heteroatoms. The van der Waals surface area contributed by atoms with Gasteiger partial charge in [-0.05, 0) is 12.1 Å². The molecule has 0 aliphatic rings. The van der Waals surface area contributed by atoms with Gasteiger partial charge in [0, 0.05) is 6.07 Å². The molecule has 2 heterocycles. The van der Waals surface area contributed by atoms with Gasteiger partial charge in [-0.2, -0.15) is 0 Å². The van der Waals surface area contributed by atoms with E-state index in [9.17, 15) is 4.79 Å². The molecule has 0 saturated carbocycles. The van der Waals surface area contributed by atoms with Crippen LogP contribution in [-0.4, -0.2) is 18.1 Å². The number of fused-ring (bicyclic) bond motifs is 1. The number of carbonyl (C=O) groups is 1. The van der Waals surface area contributed by atoms with Crippen LogP contribution in [0.15, 0.2) is 28.9 Å². The molecule has 0 unspecified atom stereocenters. The lowest BCUT2D eigenvalue weighted by molar-refractivity contribution is 0.0594. The maximum absolute atomic E-state index is 11.1. The summed E-state index contributed by atoms with van der Waals surface area (Å²) in [6.07, 6.45) is 1.53. The fourth-order valence-electron chi connectivity index (χ4n) is 1.07. The molecule has 0 fully saturated rings. The zero-order valence-corrected chi connectivity index (χ0v) is 8.98. The van der Waals surface area contributed by atoms with E-state index in [1.54, 1.807) is 18.2 Å². The van der Waals surface area contributed by atoms with Crippen molar-refractivity contribution >= 4 is 17.1 Å². The summed E-state index contributed by atoms with van der Waals surface area (Å²) in [5.41, 5.74) is 1.60. The van der Waals surface area contributed by atoms with E-state index in [0.29, 0.717) is 11.1 Å². The highest BCUT2D eigenvalue weighted by molar-refractivity contribution is 5.89. The molecule has 80 valence electrons. The third kappa shape index (κ3) is 2.34. The fraction of sp³-hybridized carbons (Fsp3) is 0.273. The van der Waals surface area contributed by atoms with Crippen LogP contribution in [0.2, 0.25) is 0 Å². The Balaban J connectivity index is 0.000000531. The Bertz CT molecular complexity index is 448. The predicted octanol–water partition coefficient (Wildman–Crippen LogP) is 2.64. The van der Waals surface area contributed by atoms with Crippen molar-refractivity contribution in [2.45, 2.75) is 13.8 Å². The van der Waals surface area contributed by atoms with Crippen LogP contribution in [0.5, 0.6) is 0 Å². The van der Waals surface area contributed by atoms with Crippen molar-refractivity contribution in [3.05, 3.63) is 30.2 Å². The van der Waals surface area contributed by atoms with Crippen molar-refractivity contribution in [1.82, 2.24) is 4.98 Å². The first-order chi connectivity index (χ1) is 7.31. The Kier molecular flexibility index (Phi) is 3.85. The number of hydrogen-bond donors (Lipinski definition) is 0. The number of esters is 1. The molecule has 0 atom stereocenters. The topological polar surface area (TPSA) is 52.3 Å². The summed E-state index contributed by atoms with van der Waals surface area (Å²) in [6.45, 7) is 4.00. The summed E-state index contributed by atoms with van der Waals surface area (Å²) < 4.78 is 9.60. The number of methoxy groups -OCH3 is 1. The van der Waals surface area contributed by atoms with Gasteiger partial charge in [-0.15, -0.1) is 0 Å². The molecule has 0 amide bonds. The minimum atomic E-state index is -0.442. The molecule has 0 aliphatic carbocycles. The van der Waals surface area contributed by atoms with E-state index in [1.165, 1.54) is 13.4 Å². The first-order valence-electron chi connectivity index (χ1n) is 4.74.